The Morgan fingerprint density at radius 2 is 1.96 bits per heavy atom. The van der Waals surface area contributed by atoms with E-state index in [-0.39, 0.29) is 17.4 Å². The minimum atomic E-state index is -0.326. The van der Waals surface area contributed by atoms with Gasteiger partial charge in [0.05, 0.1) is 0 Å². The number of benzene rings is 1. The number of nitrogens with one attached hydrogen (secondary N) is 2. The van der Waals surface area contributed by atoms with Gasteiger partial charge in [-0.2, -0.15) is 0 Å². The lowest BCUT2D eigenvalue weighted by Gasteiger charge is -2.06. The second kappa shape index (κ2) is 8.79. The first-order chi connectivity index (χ1) is 11.2. The molecule has 0 aliphatic rings. The predicted molar refractivity (Wildman–Crippen MR) is 84.6 cm³/mol. The van der Waals surface area contributed by atoms with E-state index in [1.807, 2.05) is 0 Å². The fraction of sp³-hybridized carbons (Fsp3) is 0.312. The maximum atomic E-state index is 12.8. The second-order valence-electron chi connectivity index (χ2n) is 4.89. The van der Waals surface area contributed by atoms with E-state index >= 15 is 0 Å². The van der Waals surface area contributed by atoms with Crippen molar-refractivity contribution in [2.75, 3.05) is 25.6 Å². The van der Waals surface area contributed by atoms with Crippen LogP contribution in [-0.2, 0) is 11.3 Å². The Morgan fingerprint density at radius 3 is 2.61 bits per heavy atom. The fourth-order valence-corrected chi connectivity index (χ4v) is 1.86. The molecule has 0 atom stereocenters. The van der Waals surface area contributed by atoms with Gasteiger partial charge in [0.1, 0.15) is 11.6 Å². The summed E-state index contributed by atoms with van der Waals surface area (Å²) in [6.45, 7) is 1.70. The molecule has 23 heavy (non-hydrogen) atoms. The molecule has 6 nitrogen and oxygen atoms in total. The van der Waals surface area contributed by atoms with Crippen LogP contribution >= 0.6 is 0 Å². The molecular formula is C16H19FN4O2. The molecule has 2 aromatic rings. The zero-order chi connectivity index (χ0) is 16.5. The Kier molecular flexibility index (Phi) is 6.43. The number of hydrogen-bond donors (Lipinski definition) is 2. The normalized spacial score (nSPS) is 10.3. The average molecular weight is 318 g/mol. The van der Waals surface area contributed by atoms with Crippen molar-refractivity contribution < 1.29 is 13.9 Å². The highest BCUT2D eigenvalue weighted by atomic mass is 19.1. The molecule has 0 bridgehead atoms. The quantitative estimate of drug-likeness (QED) is 0.728. The van der Waals surface area contributed by atoms with Crippen LogP contribution in [0, 0.1) is 5.82 Å². The molecule has 0 saturated heterocycles. The first-order valence-electron chi connectivity index (χ1n) is 7.28. The van der Waals surface area contributed by atoms with Crippen LogP contribution in [0.3, 0.4) is 0 Å². The number of ether oxygens (including phenoxy) is 1. The number of carbonyl (C=O) groups excluding carboxylic acids is 1. The highest BCUT2D eigenvalue weighted by molar-refractivity contribution is 5.92. The van der Waals surface area contributed by atoms with Gasteiger partial charge >= 0.3 is 0 Å². The third kappa shape index (κ3) is 5.63. The van der Waals surface area contributed by atoms with Crippen molar-refractivity contribution in [3.8, 4) is 0 Å². The van der Waals surface area contributed by atoms with Gasteiger partial charge in [0.15, 0.2) is 5.69 Å². The minimum absolute atomic E-state index is 0.231. The van der Waals surface area contributed by atoms with Gasteiger partial charge in [0.25, 0.3) is 5.91 Å². The van der Waals surface area contributed by atoms with Crippen LogP contribution in [0.5, 0.6) is 0 Å². The van der Waals surface area contributed by atoms with Crippen LogP contribution in [0.1, 0.15) is 22.5 Å². The average Bonchev–Trinajstić information content (AvgIpc) is 2.58. The van der Waals surface area contributed by atoms with Crippen LogP contribution in [0.4, 0.5) is 10.2 Å². The molecular weight excluding hydrogens is 299 g/mol. The van der Waals surface area contributed by atoms with Gasteiger partial charge in [-0.1, -0.05) is 12.1 Å². The lowest BCUT2D eigenvalue weighted by atomic mass is 10.2. The number of amides is 1. The van der Waals surface area contributed by atoms with Crippen molar-refractivity contribution >= 4 is 11.7 Å². The van der Waals surface area contributed by atoms with Crippen molar-refractivity contribution in [2.45, 2.75) is 13.0 Å². The summed E-state index contributed by atoms with van der Waals surface area (Å²) < 4.78 is 17.8. The first-order valence-corrected chi connectivity index (χ1v) is 7.28. The van der Waals surface area contributed by atoms with Crippen LogP contribution in [0.15, 0.2) is 36.4 Å². The van der Waals surface area contributed by atoms with Gasteiger partial charge in [-0.15, -0.1) is 10.2 Å². The Hall–Kier alpha value is -2.54. The molecule has 1 aromatic heterocycles. The molecule has 122 valence electrons. The van der Waals surface area contributed by atoms with E-state index in [4.69, 9.17) is 4.74 Å². The van der Waals surface area contributed by atoms with E-state index in [1.54, 1.807) is 31.4 Å². The van der Waals surface area contributed by atoms with Gasteiger partial charge < -0.3 is 15.4 Å². The lowest BCUT2D eigenvalue weighted by Crippen LogP contribution is -2.24. The number of methoxy groups -OCH3 is 1. The molecule has 1 heterocycles. The Balaban J connectivity index is 1.81. The van der Waals surface area contributed by atoms with Gasteiger partial charge in [-0.05, 0) is 36.2 Å². The SMILES string of the molecule is COCCCNc1ccc(C(=O)NCc2ccc(F)cc2)nn1. The van der Waals surface area contributed by atoms with E-state index in [0.717, 1.165) is 18.5 Å². The number of aromatic nitrogens is 2. The Bertz CT molecular complexity index is 617. The summed E-state index contributed by atoms with van der Waals surface area (Å²) in [7, 11) is 1.65. The number of carbonyl (C=O) groups is 1. The van der Waals surface area contributed by atoms with Gasteiger partial charge in [0.2, 0.25) is 0 Å². The summed E-state index contributed by atoms with van der Waals surface area (Å²) in [5, 5.41) is 13.6. The van der Waals surface area contributed by atoms with Crippen LogP contribution in [0.25, 0.3) is 0 Å². The van der Waals surface area contributed by atoms with E-state index in [1.165, 1.54) is 12.1 Å². The van der Waals surface area contributed by atoms with E-state index in [9.17, 15) is 9.18 Å². The second-order valence-corrected chi connectivity index (χ2v) is 4.89. The predicted octanol–water partition coefficient (Wildman–Crippen LogP) is 1.99. The minimum Gasteiger partial charge on any atom is -0.385 e. The van der Waals surface area contributed by atoms with E-state index in [2.05, 4.69) is 20.8 Å². The van der Waals surface area contributed by atoms with E-state index in [0.29, 0.717) is 19.0 Å². The van der Waals surface area contributed by atoms with Crippen LogP contribution in [0.2, 0.25) is 0 Å². The summed E-state index contributed by atoms with van der Waals surface area (Å²) in [5.74, 6) is -0.0246. The highest BCUT2D eigenvalue weighted by Crippen LogP contribution is 2.04. The highest BCUT2D eigenvalue weighted by Gasteiger charge is 2.08. The first kappa shape index (κ1) is 16.8. The fourth-order valence-electron chi connectivity index (χ4n) is 1.86. The maximum absolute atomic E-state index is 12.8. The molecule has 0 aliphatic heterocycles. The van der Waals surface area contributed by atoms with Gasteiger partial charge in [-0.25, -0.2) is 4.39 Å². The summed E-state index contributed by atoms with van der Waals surface area (Å²) in [6.07, 6.45) is 0.859. The molecule has 7 heteroatoms. The van der Waals surface area contributed by atoms with Crippen LogP contribution in [-0.4, -0.2) is 36.4 Å². The van der Waals surface area contributed by atoms with Gasteiger partial charge in [-0.3, -0.25) is 4.79 Å². The van der Waals surface area contributed by atoms with Crippen molar-refractivity contribution in [3.05, 3.63) is 53.5 Å². The molecule has 2 rings (SSSR count). The molecule has 0 spiro atoms. The Morgan fingerprint density at radius 1 is 1.17 bits per heavy atom. The van der Waals surface area contributed by atoms with Crippen molar-refractivity contribution in [2.24, 2.45) is 0 Å². The van der Waals surface area contributed by atoms with Crippen molar-refractivity contribution in [1.82, 2.24) is 15.5 Å². The largest absolute Gasteiger partial charge is 0.385 e. The van der Waals surface area contributed by atoms with Crippen molar-refractivity contribution in [1.29, 1.82) is 0 Å². The topological polar surface area (TPSA) is 76.1 Å². The molecule has 0 aliphatic carbocycles. The summed E-state index contributed by atoms with van der Waals surface area (Å²) in [6, 6.07) is 9.25. The summed E-state index contributed by atoms with van der Waals surface area (Å²) in [5.41, 5.74) is 1.04. The number of rotatable bonds is 8. The molecule has 0 fully saturated rings. The third-order valence-electron chi connectivity index (χ3n) is 3.09. The summed E-state index contributed by atoms with van der Waals surface area (Å²) >= 11 is 0. The van der Waals surface area contributed by atoms with E-state index < -0.39 is 0 Å². The Labute approximate surface area is 134 Å². The summed E-state index contributed by atoms with van der Waals surface area (Å²) in [4.78, 5) is 12.0. The lowest BCUT2D eigenvalue weighted by molar-refractivity contribution is 0.0945. The number of nitrogens with zero attached hydrogens (tertiary/aromatic N) is 2. The standard InChI is InChI=1S/C16H19FN4O2/c1-23-10-2-9-18-15-8-7-14(20-21-15)16(22)19-11-12-3-5-13(17)6-4-12/h3-8H,2,9-11H2,1H3,(H,18,21)(H,19,22). The zero-order valence-electron chi connectivity index (χ0n) is 12.9. The van der Waals surface area contributed by atoms with Gasteiger partial charge in [0, 0.05) is 26.8 Å². The number of anilines is 1. The maximum Gasteiger partial charge on any atom is 0.272 e. The van der Waals surface area contributed by atoms with Crippen LogP contribution < -0.4 is 10.6 Å². The number of hydrogen-bond acceptors (Lipinski definition) is 5. The van der Waals surface area contributed by atoms with Crippen molar-refractivity contribution in [3.63, 3.8) is 0 Å². The molecule has 0 saturated carbocycles. The molecule has 0 radical (unpaired) electrons. The molecule has 2 N–H and O–H groups in total. The zero-order valence-corrected chi connectivity index (χ0v) is 12.9. The molecule has 1 amide bonds. The molecule has 1 aromatic carbocycles. The monoisotopic (exact) mass is 318 g/mol. The smallest absolute Gasteiger partial charge is 0.272 e. The third-order valence-corrected chi connectivity index (χ3v) is 3.09. The number of halogens is 1. The molecule has 0 unspecified atom stereocenters.